The number of anilines is 1. The van der Waals surface area contributed by atoms with Crippen LogP contribution in [0.15, 0.2) is 54.6 Å². The molecule has 0 aliphatic rings. The highest BCUT2D eigenvalue weighted by Crippen LogP contribution is 2.26. The molecule has 2 aromatic rings. The number of carbonyl (C=O) groups excluding carboxylic acids is 1. The zero-order valence-electron chi connectivity index (χ0n) is 16.4. The first-order valence-electron chi connectivity index (χ1n) is 9.29. The number of hydrogen-bond acceptors (Lipinski definition) is 5. The Bertz CT molecular complexity index is 948. The SMILES string of the molecule is CC[C@@H](C(=O)NCCCc1ccccc1)N(c1cccc([N+](=O)[O-])c1)S(C)(=O)=O. The van der Waals surface area contributed by atoms with Crippen molar-refractivity contribution in [2.75, 3.05) is 17.1 Å². The van der Waals surface area contributed by atoms with Crippen LogP contribution in [0.3, 0.4) is 0 Å². The van der Waals surface area contributed by atoms with Gasteiger partial charge in [-0.1, -0.05) is 43.3 Å². The van der Waals surface area contributed by atoms with Crippen molar-refractivity contribution in [1.29, 1.82) is 0 Å². The Morgan fingerprint density at radius 3 is 2.45 bits per heavy atom. The number of nitrogens with one attached hydrogen (secondary N) is 1. The summed E-state index contributed by atoms with van der Waals surface area (Å²) in [6, 6.07) is 14.1. The molecular formula is C20H25N3O5S. The van der Waals surface area contributed by atoms with E-state index in [-0.39, 0.29) is 17.8 Å². The van der Waals surface area contributed by atoms with Gasteiger partial charge in [-0.05, 0) is 30.9 Å². The van der Waals surface area contributed by atoms with Crippen LogP contribution in [-0.4, -0.2) is 38.1 Å². The molecule has 1 N–H and O–H groups in total. The zero-order valence-corrected chi connectivity index (χ0v) is 17.3. The first-order valence-corrected chi connectivity index (χ1v) is 11.1. The summed E-state index contributed by atoms with van der Waals surface area (Å²) in [5.41, 5.74) is 1.01. The number of aryl methyl sites for hydroxylation is 1. The first kappa shape index (κ1) is 22.4. The molecule has 0 spiro atoms. The lowest BCUT2D eigenvalue weighted by molar-refractivity contribution is -0.384. The molecule has 0 fully saturated rings. The molecule has 0 saturated heterocycles. The quantitative estimate of drug-likeness (QED) is 0.362. The fourth-order valence-electron chi connectivity index (χ4n) is 3.07. The van der Waals surface area contributed by atoms with Crippen molar-refractivity contribution in [2.24, 2.45) is 0 Å². The number of carbonyl (C=O) groups is 1. The Labute approximate surface area is 170 Å². The molecule has 0 saturated carbocycles. The lowest BCUT2D eigenvalue weighted by atomic mass is 10.1. The second-order valence-electron chi connectivity index (χ2n) is 6.64. The third-order valence-electron chi connectivity index (χ3n) is 4.41. The van der Waals surface area contributed by atoms with E-state index in [0.29, 0.717) is 13.0 Å². The second kappa shape index (κ2) is 10.0. The summed E-state index contributed by atoms with van der Waals surface area (Å²) in [6.45, 7) is 2.10. The van der Waals surface area contributed by atoms with Crippen molar-refractivity contribution in [2.45, 2.75) is 32.2 Å². The monoisotopic (exact) mass is 419 g/mol. The van der Waals surface area contributed by atoms with Gasteiger partial charge in [0.1, 0.15) is 6.04 Å². The highest BCUT2D eigenvalue weighted by molar-refractivity contribution is 7.92. The molecule has 0 heterocycles. The zero-order chi connectivity index (χ0) is 21.4. The summed E-state index contributed by atoms with van der Waals surface area (Å²) in [7, 11) is -3.84. The Morgan fingerprint density at radius 1 is 1.17 bits per heavy atom. The van der Waals surface area contributed by atoms with Crippen LogP contribution in [0, 0.1) is 10.1 Å². The van der Waals surface area contributed by atoms with Gasteiger partial charge in [0.05, 0.1) is 16.9 Å². The third kappa shape index (κ3) is 6.28. The van der Waals surface area contributed by atoms with Gasteiger partial charge in [0, 0.05) is 18.7 Å². The molecule has 0 aliphatic heterocycles. The van der Waals surface area contributed by atoms with Crippen molar-refractivity contribution in [1.82, 2.24) is 5.32 Å². The van der Waals surface area contributed by atoms with Crippen molar-refractivity contribution in [3.8, 4) is 0 Å². The Kier molecular flexibility index (Phi) is 7.72. The summed E-state index contributed by atoms with van der Waals surface area (Å²) >= 11 is 0. The highest BCUT2D eigenvalue weighted by atomic mass is 32.2. The fourth-order valence-corrected chi connectivity index (χ4v) is 4.27. The van der Waals surface area contributed by atoms with Crippen molar-refractivity contribution in [3.05, 3.63) is 70.3 Å². The molecule has 156 valence electrons. The third-order valence-corrected chi connectivity index (χ3v) is 5.59. The molecule has 0 radical (unpaired) electrons. The molecule has 0 aliphatic carbocycles. The maximum absolute atomic E-state index is 12.7. The van der Waals surface area contributed by atoms with E-state index < -0.39 is 26.9 Å². The second-order valence-corrected chi connectivity index (χ2v) is 8.50. The average molecular weight is 420 g/mol. The lowest BCUT2D eigenvalue weighted by Crippen LogP contribution is -2.49. The normalized spacial score (nSPS) is 12.2. The minimum atomic E-state index is -3.84. The van der Waals surface area contributed by atoms with Crippen LogP contribution in [0.2, 0.25) is 0 Å². The molecular weight excluding hydrogens is 394 g/mol. The van der Waals surface area contributed by atoms with E-state index in [1.807, 2.05) is 30.3 Å². The largest absolute Gasteiger partial charge is 0.354 e. The van der Waals surface area contributed by atoms with E-state index in [1.165, 1.54) is 18.2 Å². The molecule has 9 heteroatoms. The lowest BCUT2D eigenvalue weighted by Gasteiger charge is -2.30. The molecule has 2 aromatic carbocycles. The summed E-state index contributed by atoms with van der Waals surface area (Å²) in [5.74, 6) is -0.433. The van der Waals surface area contributed by atoms with E-state index in [2.05, 4.69) is 5.32 Å². The van der Waals surface area contributed by atoms with E-state index in [0.717, 1.165) is 28.6 Å². The predicted octanol–water partition coefficient (Wildman–Crippen LogP) is 2.89. The molecule has 29 heavy (non-hydrogen) atoms. The van der Waals surface area contributed by atoms with Crippen molar-refractivity contribution >= 4 is 27.3 Å². The van der Waals surface area contributed by atoms with Crippen molar-refractivity contribution in [3.63, 3.8) is 0 Å². The van der Waals surface area contributed by atoms with Crippen LogP contribution in [0.25, 0.3) is 0 Å². The summed E-state index contributed by atoms with van der Waals surface area (Å²) in [5, 5.41) is 13.8. The number of nitro benzene ring substituents is 1. The predicted molar refractivity (Wildman–Crippen MR) is 112 cm³/mol. The van der Waals surface area contributed by atoms with Gasteiger partial charge in [-0.15, -0.1) is 0 Å². The van der Waals surface area contributed by atoms with Crippen molar-refractivity contribution < 1.29 is 18.1 Å². The van der Waals surface area contributed by atoms with Crippen LogP contribution in [0.1, 0.15) is 25.3 Å². The molecule has 0 bridgehead atoms. The summed E-state index contributed by atoms with van der Waals surface area (Å²) in [4.78, 5) is 23.2. The number of nitrogens with zero attached hydrogens (tertiary/aromatic N) is 2. The van der Waals surface area contributed by atoms with Gasteiger partial charge in [0.2, 0.25) is 15.9 Å². The molecule has 0 unspecified atom stereocenters. The maximum Gasteiger partial charge on any atom is 0.271 e. The molecule has 1 amide bonds. The van der Waals surface area contributed by atoms with Gasteiger partial charge in [-0.25, -0.2) is 8.42 Å². The smallest absolute Gasteiger partial charge is 0.271 e. The fraction of sp³-hybridized carbons (Fsp3) is 0.350. The van der Waals surface area contributed by atoms with Crippen LogP contribution >= 0.6 is 0 Å². The minimum Gasteiger partial charge on any atom is -0.354 e. The number of rotatable bonds is 10. The molecule has 8 nitrogen and oxygen atoms in total. The number of benzene rings is 2. The molecule has 1 atom stereocenters. The number of hydrogen-bond donors (Lipinski definition) is 1. The van der Waals surface area contributed by atoms with Crippen LogP contribution in [0.4, 0.5) is 11.4 Å². The van der Waals surface area contributed by atoms with Gasteiger partial charge in [-0.3, -0.25) is 19.2 Å². The van der Waals surface area contributed by atoms with Gasteiger partial charge < -0.3 is 5.32 Å². The minimum absolute atomic E-state index is 0.0907. The van der Waals surface area contributed by atoms with E-state index in [1.54, 1.807) is 6.92 Å². The maximum atomic E-state index is 12.7. The molecule has 2 rings (SSSR count). The standard InChI is InChI=1S/C20H25N3O5S/c1-3-19(20(24)21-14-8-11-16-9-5-4-6-10-16)22(29(2,27)28)17-12-7-13-18(15-17)23(25)26/h4-7,9-10,12-13,15,19H,3,8,11,14H2,1-2H3,(H,21,24)/t19-/m0/s1. The summed E-state index contributed by atoms with van der Waals surface area (Å²) < 4.78 is 25.8. The van der Waals surface area contributed by atoms with Gasteiger partial charge in [0.25, 0.3) is 5.69 Å². The van der Waals surface area contributed by atoms with Crippen LogP contribution < -0.4 is 9.62 Å². The first-order chi connectivity index (χ1) is 13.7. The van der Waals surface area contributed by atoms with E-state index in [4.69, 9.17) is 0 Å². The highest BCUT2D eigenvalue weighted by Gasteiger charge is 2.32. The molecule has 0 aromatic heterocycles. The number of non-ortho nitro benzene ring substituents is 1. The Hall–Kier alpha value is -2.94. The van der Waals surface area contributed by atoms with Crippen LogP contribution in [-0.2, 0) is 21.2 Å². The number of amides is 1. The van der Waals surface area contributed by atoms with E-state index in [9.17, 15) is 23.3 Å². The topological polar surface area (TPSA) is 110 Å². The van der Waals surface area contributed by atoms with Gasteiger partial charge in [-0.2, -0.15) is 0 Å². The Morgan fingerprint density at radius 2 is 1.86 bits per heavy atom. The van der Waals surface area contributed by atoms with Gasteiger partial charge in [0.15, 0.2) is 0 Å². The van der Waals surface area contributed by atoms with Gasteiger partial charge >= 0.3 is 0 Å². The number of sulfonamides is 1. The number of nitro groups is 1. The van der Waals surface area contributed by atoms with Crippen LogP contribution in [0.5, 0.6) is 0 Å². The summed E-state index contributed by atoms with van der Waals surface area (Å²) in [6.07, 6.45) is 2.71. The average Bonchev–Trinajstić information content (AvgIpc) is 2.69. The Balaban J connectivity index is 2.13. The van der Waals surface area contributed by atoms with E-state index >= 15 is 0 Å².